The average molecular weight is 1840 g/mol. The molecule has 0 aliphatic carbocycles. The fourth-order valence-corrected chi connectivity index (χ4v) is 21.5. The standard InChI is InChI=1S/C26H28F3N5O2.C25H28F4N6O.C24H32ClN3O3.C24H31N3O2/c1-17-16-18(4-5-19(17)20-8-11-32(3)30-20)24(36)33-12-9-25(10-13-33)22-7-6-21(23(35)26(27,28)29)34(22)15-14-31(25)2;1-3-20(17-4-6-18(26)7-5-17)35-16-19(30-31-35)23(36)33-12-10-24(11-13-33)21-8-9-22(25(27,28)29)34(21)15-14-32(24)2;1-5-17(2)31-19-7-6-18(16-20(19)30-4)23(29)27-12-10-24(11-13-27)21-8-9-22(25)28(21)15-14-26(24)3;1-4-5-19-6-8-20(9-7-19)23(29)26-14-12-24(13-15-26)22-11-10-21(18(2)28)27(22)17-16-25(24)3/h4-8,11,16H,9-10,12-15H2,1-3H3;4-9,16,20H,3,10-15H2,1-2H3;6-9,16-17H,5,10-15H2,1-4H3;6-11H,4-5,12-17H2,1-3H3/t;;17-;/m..0./s1. The van der Waals surface area contributed by atoms with Gasteiger partial charge in [-0.3, -0.25) is 53.0 Å². The molecule has 2 atom stereocenters. The predicted molar refractivity (Wildman–Crippen MR) is 488 cm³/mol. The van der Waals surface area contributed by atoms with Crippen molar-refractivity contribution >= 4 is 46.8 Å². The van der Waals surface area contributed by atoms with Gasteiger partial charge in [0.2, 0.25) is 0 Å². The summed E-state index contributed by atoms with van der Waals surface area (Å²) < 4.78 is 115. The van der Waals surface area contributed by atoms with Crippen LogP contribution in [-0.4, -0.2) is 244 Å². The van der Waals surface area contributed by atoms with Crippen LogP contribution in [0.15, 0.2) is 152 Å². The third-order valence-electron chi connectivity index (χ3n) is 29.2. The van der Waals surface area contributed by atoms with Gasteiger partial charge in [-0.25, -0.2) is 9.07 Å². The lowest BCUT2D eigenvalue weighted by molar-refractivity contribution is -0.144. The first-order valence-corrected chi connectivity index (χ1v) is 46.3. The summed E-state index contributed by atoms with van der Waals surface area (Å²) in [5.74, 6) is -0.905. The molecule has 704 valence electrons. The normalized spacial score (nSPS) is 18.6. The number of ether oxygens (including phenoxy) is 2. The maximum atomic E-state index is 13.5. The molecule has 4 saturated heterocycles. The van der Waals surface area contributed by atoms with Crippen LogP contribution in [0.3, 0.4) is 0 Å². The molecule has 0 saturated carbocycles. The fraction of sp³-hybridized carbons (Fsp3) is 0.485. The number of alkyl halides is 6. The molecule has 10 aromatic rings. The summed E-state index contributed by atoms with van der Waals surface area (Å²) in [6.45, 7) is 21.8. The Kier molecular flexibility index (Phi) is 28.0. The van der Waals surface area contributed by atoms with Crippen LogP contribution < -0.4 is 9.47 Å². The Bertz CT molecular complexity index is 5830. The van der Waals surface area contributed by atoms with E-state index in [1.165, 1.54) is 44.3 Å². The molecule has 0 radical (unpaired) electrons. The second-order valence-corrected chi connectivity index (χ2v) is 36.8. The van der Waals surface area contributed by atoms with Gasteiger partial charge in [0.25, 0.3) is 29.4 Å². The number of nitrogens with zero attached hydrogens (tertiary/aromatic N) is 17. The highest BCUT2D eigenvalue weighted by molar-refractivity contribution is 6.29. The van der Waals surface area contributed by atoms with Crippen molar-refractivity contribution in [2.75, 3.05) is 114 Å². The Labute approximate surface area is 770 Å². The summed E-state index contributed by atoms with van der Waals surface area (Å²) in [5, 5.41) is 13.5. The third kappa shape index (κ3) is 18.6. The summed E-state index contributed by atoms with van der Waals surface area (Å²) in [7, 11) is 11.7. The number of carbonyl (C=O) groups is 6. The lowest BCUT2D eigenvalue weighted by atomic mass is 9.81. The number of rotatable bonds is 16. The quantitative estimate of drug-likeness (QED) is 0.0649. The summed E-state index contributed by atoms with van der Waals surface area (Å²) in [6.07, 6.45) is 3.78. The minimum absolute atomic E-state index is 0.0371. The van der Waals surface area contributed by atoms with Gasteiger partial charge in [0.1, 0.15) is 16.7 Å². The minimum Gasteiger partial charge on any atom is -0.493 e. The van der Waals surface area contributed by atoms with E-state index in [9.17, 15) is 59.5 Å². The molecule has 4 spiro atoms. The molecule has 8 aliphatic heterocycles. The van der Waals surface area contributed by atoms with Gasteiger partial charge in [0.15, 0.2) is 23.0 Å². The van der Waals surface area contributed by atoms with Gasteiger partial charge in [-0.05, 0) is 239 Å². The highest BCUT2D eigenvalue weighted by Crippen LogP contribution is 2.49. The molecule has 33 heteroatoms. The first-order valence-electron chi connectivity index (χ1n) is 45.9. The number of halogens is 8. The molecule has 8 aliphatic rings. The molecule has 0 bridgehead atoms. The first kappa shape index (κ1) is 95.4. The number of carbonyl (C=O) groups excluding carboxylic acids is 6. The third-order valence-corrected chi connectivity index (χ3v) is 29.5. The summed E-state index contributed by atoms with van der Waals surface area (Å²) in [5.41, 5.74) is 9.68. The molecule has 14 heterocycles. The Balaban J connectivity index is 0.000000135. The summed E-state index contributed by atoms with van der Waals surface area (Å²) in [4.78, 5) is 93.4. The Morgan fingerprint density at radius 2 is 0.947 bits per heavy atom. The van der Waals surface area contributed by atoms with E-state index in [0.29, 0.717) is 125 Å². The molecule has 4 fully saturated rings. The monoisotopic (exact) mass is 1840 g/mol. The lowest BCUT2D eigenvalue weighted by Gasteiger charge is -2.50. The Morgan fingerprint density at radius 3 is 1.42 bits per heavy atom. The highest BCUT2D eigenvalue weighted by atomic mass is 35.5. The number of fused-ring (bicyclic) bond motifs is 8. The van der Waals surface area contributed by atoms with Crippen molar-refractivity contribution < 1.29 is 69.0 Å². The molecular formula is C99H119ClF7N17O8. The zero-order valence-electron chi connectivity index (χ0n) is 77.3. The molecule has 25 nitrogen and oxygen atoms in total. The van der Waals surface area contributed by atoms with Crippen LogP contribution in [-0.2, 0) is 68.0 Å². The Hall–Kier alpha value is -11.2. The number of ketones is 2. The molecule has 6 aromatic heterocycles. The van der Waals surface area contributed by atoms with E-state index >= 15 is 0 Å². The lowest BCUT2D eigenvalue weighted by Crippen LogP contribution is -2.56. The number of hydrogen-bond acceptors (Lipinski definition) is 15. The van der Waals surface area contributed by atoms with Crippen LogP contribution in [0.1, 0.15) is 219 Å². The largest absolute Gasteiger partial charge is 0.493 e. The summed E-state index contributed by atoms with van der Waals surface area (Å²) in [6, 6.07) is 41.0. The second-order valence-electron chi connectivity index (χ2n) is 36.4. The van der Waals surface area contributed by atoms with E-state index in [-0.39, 0.29) is 76.4 Å². The number of benzene rings is 4. The van der Waals surface area contributed by atoms with E-state index in [2.05, 4.69) is 96.4 Å². The molecule has 1 unspecified atom stereocenters. The van der Waals surface area contributed by atoms with Crippen LogP contribution in [0, 0.1) is 12.7 Å². The van der Waals surface area contributed by atoms with E-state index in [1.807, 2.05) is 119 Å². The topological polar surface area (TPSA) is 215 Å². The van der Waals surface area contributed by atoms with Crippen LogP contribution in [0.2, 0.25) is 5.15 Å². The number of amides is 4. The Morgan fingerprint density at radius 1 is 0.492 bits per heavy atom. The number of aromatic nitrogens is 9. The van der Waals surface area contributed by atoms with Crippen molar-refractivity contribution in [3.05, 3.63) is 242 Å². The van der Waals surface area contributed by atoms with Gasteiger partial charge in [-0.1, -0.05) is 74.3 Å². The van der Waals surface area contributed by atoms with Gasteiger partial charge < -0.3 is 47.3 Å². The number of methoxy groups -OCH3 is 1. The number of likely N-dealkylation sites (N-methyl/N-ethyl adjacent to an activating group) is 4. The number of hydrogen-bond donors (Lipinski definition) is 0. The van der Waals surface area contributed by atoms with Crippen molar-refractivity contribution in [2.24, 2.45) is 7.05 Å². The van der Waals surface area contributed by atoms with E-state index in [0.717, 1.165) is 129 Å². The average Bonchev–Trinajstić information content (AvgIpc) is 1.62. The van der Waals surface area contributed by atoms with Crippen molar-refractivity contribution in [3.8, 4) is 22.8 Å². The maximum Gasteiger partial charge on any atom is 0.456 e. The SMILES string of the molecule is CCC(c1ccc(F)cc1)n1cc(C(=O)N2CCC3(CC2)c2ccc(C(F)(F)F)n2CCN3C)nn1.CCCc1ccc(C(=O)N2CCC3(CC2)c2ccc(C(C)=O)n2CCN3C)cc1.CC[C@H](C)Oc1ccc(C(=O)N2CCC3(CC2)c2ccc(Cl)n2CCN3C)cc1OC.Cc1cc(C(=O)N2CCC3(CC2)c2ccc(C(=O)C(F)(F)F)n2CCN3C)ccc1-c1ccn(C)n1. The van der Waals surface area contributed by atoms with Crippen molar-refractivity contribution in [1.29, 1.82) is 0 Å². The van der Waals surface area contributed by atoms with Crippen molar-refractivity contribution in [1.82, 2.24) is 82.2 Å². The van der Waals surface area contributed by atoms with Gasteiger partial charge in [0.05, 0.1) is 64.7 Å². The summed E-state index contributed by atoms with van der Waals surface area (Å²) >= 11 is 6.41. The van der Waals surface area contributed by atoms with Crippen LogP contribution in [0.4, 0.5) is 30.7 Å². The highest BCUT2D eigenvalue weighted by Gasteiger charge is 2.52. The van der Waals surface area contributed by atoms with Crippen LogP contribution in [0.25, 0.3) is 11.3 Å². The number of aryl methyl sites for hydroxylation is 3. The molecule has 18 rings (SSSR count). The molecule has 0 N–H and O–H groups in total. The van der Waals surface area contributed by atoms with E-state index < -0.39 is 34.9 Å². The zero-order chi connectivity index (χ0) is 94.3. The van der Waals surface area contributed by atoms with Gasteiger partial charge in [-0.15, -0.1) is 5.10 Å². The number of Topliss-reactive ketones (excluding diaryl/α,β-unsaturated/α-hetero) is 2. The fourth-order valence-electron chi connectivity index (χ4n) is 21.3. The van der Waals surface area contributed by atoms with Gasteiger partial charge in [0, 0.05) is 170 Å². The van der Waals surface area contributed by atoms with Crippen molar-refractivity contribution in [3.63, 3.8) is 0 Å². The molecule has 4 amide bonds. The van der Waals surface area contributed by atoms with Crippen LogP contribution >= 0.6 is 11.6 Å². The second kappa shape index (κ2) is 38.8. The van der Waals surface area contributed by atoms with Gasteiger partial charge >= 0.3 is 12.4 Å². The predicted octanol–water partition coefficient (Wildman–Crippen LogP) is 16.5. The first-order chi connectivity index (χ1) is 63.0. The van der Waals surface area contributed by atoms with Crippen molar-refractivity contribution in [2.45, 2.75) is 191 Å². The molecule has 4 aromatic carbocycles. The smallest absolute Gasteiger partial charge is 0.456 e. The zero-order valence-corrected chi connectivity index (χ0v) is 78.0. The van der Waals surface area contributed by atoms with Crippen LogP contribution in [0.5, 0.6) is 11.5 Å². The minimum atomic E-state index is -4.91. The number of likely N-dealkylation sites (tertiary alicyclic amines) is 4. The van der Waals surface area contributed by atoms with Gasteiger partial charge in [-0.2, -0.15) is 31.4 Å². The number of piperidine rings is 4. The van der Waals surface area contributed by atoms with E-state index in [1.54, 1.807) is 69.7 Å². The van der Waals surface area contributed by atoms with E-state index in [4.69, 9.17) is 21.1 Å². The maximum absolute atomic E-state index is 13.5. The molecular weight excluding hydrogens is 1720 g/mol. The molecule has 132 heavy (non-hydrogen) atoms.